The standard InChI is InChI=1S/C16H26INO2/c1-4-13(5-2)11-19-15-8-6-7-14(9-15)16(20-17)12(3)10-18/h6-9,12-13,16H,4-5,10-11,18H2,1-3H3/t12-,16-/m1/s1. The molecule has 0 saturated heterocycles. The molecule has 0 unspecified atom stereocenters. The summed E-state index contributed by atoms with van der Waals surface area (Å²) in [7, 11) is 0. The van der Waals surface area contributed by atoms with E-state index in [2.05, 4.69) is 32.9 Å². The number of halogens is 1. The lowest BCUT2D eigenvalue weighted by atomic mass is 9.97. The normalized spacial score (nSPS) is 14.3. The fraction of sp³-hybridized carbons (Fsp3) is 0.625. The molecule has 0 radical (unpaired) electrons. The number of ether oxygens (including phenoxy) is 1. The summed E-state index contributed by atoms with van der Waals surface area (Å²) in [6, 6.07) is 8.16. The molecule has 0 amide bonds. The van der Waals surface area contributed by atoms with Gasteiger partial charge in [-0.05, 0) is 36.1 Å². The predicted molar refractivity (Wildman–Crippen MR) is 92.1 cm³/mol. The first kappa shape index (κ1) is 17.7. The highest BCUT2D eigenvalue weighted by molar-refractivity contribution is 14.1. The number of hydrogen-bond acceptors (Lipinski definition) is 3. The zero-order valence-corrected chi connectivity index (χ0v) is 14.8. The van der Waals surface area contributed by atoms with Gasteiger partial charge in [0.1, 0.15) is 28.8 Å². The van der Waals surface area contributed by atoms with Crippen molar-refractivity contribution in [2.45, 2.75) is 39.7 Å². The van der Waals surface area contributed by atoms with E-state index >= 15 is 0 Å². The molecule has 0 aliphatic rings. The first-order valence-corrected chi connectivity index (χ1v) is 8.24. The van der Waals surface area contributed by atoms with Gasteiger partial charge < -0.3 is 13.5 Å². The summed E-state index contributed by atoms with van der Waals surface area (Å²) in [5, 5.41) is 0. The summed E-state index contributed by atoms with van der Waals surface area (Å²) in [5.74, 6) is 1.82. The molecule has 0 aliphatic carbocycles. The number of benzene rings is 1. The van der Waals surface area contributed by atoms with Gasteiger partial charge >= 0.3 is 0 Å². The van der Waals surface area contributed by atoms with Gasteiger partial charge in [-0.3, -0.25) is 0 Å². The predicted octanol–water partition coefficient (Wildman–Crippen LogP) is 4.50. The third kappa shape index (κ3) is 5.22. The molecule has 0 aliphatic heterocycles. The average molecular weight is 391 g/mol. The lowest BCUT2D eigenvalue weighted by Crippen LogP contribution is -2.19. The highest BCUT2D eigenvalue weighted by Gasteiger charge is 2.19. The van der Waals surface area contributed by atoms with Crippen molar-refractivity contribution in [3.8, 4) is 5.75 Å². The Kier molecular flexibility index (Phi) is 8.49. The Bertz CT molecular complexity index is 382. The van der Waals surface area contributed by atoms with Crippen LogP contribution in [0, 0.1) is 11.8 Å². The first-order chi connectivity index (χ1) is 9.65. The van der Waals surface area contributed by atoms with Gasteiger partial charge in [-0.15, -0.1) is 0 Å². The second kappa shape index (κ2) is 9.58. The second-order valence-electron chi connectivity index (χ2n) is 5.29. The van der Waals surface area contributed by atoms with E-state index < -0.39 is 0 Å². The molecule has 4 heteroatoms. The minimum absolute atomic E-state index is 0.0114. The van der Waals surface area contributed by atoms with Crippen LogP contribution in [-0.4, -0.2) is 13.2 Å². The lowest BCUT2D eigenvalue weighted by molar-refractivity contribution is 0.209. The number of nitrogens with two attached hydrogens (primary N) is 1. The quantitative estimate of drug-likeness (QED) is 0.631. The van der Waals surface area contributed by atoms with Crippen molar-refractivity contribution in [3.63, 3.8) is 0 Å². The molecule has 0 saturated carbocycles. The third-order valence-electron chi connectivity index (χ3n) is 3.81. The molecule has 0 aromatic heterocycles. The van der Waals surface area contributed by atoms with Crippen LogP contribution in [0.25, 0.3) is 0 Å². The van der Waals surface area contributed by atoms with Gasteiger partial charge in [-0.25, -0.2) is 0 Å². The average Bonchev–Trinajstić information content (AvgIpc) is 2.49. The van der Waals surface area contributed by atoms with Crippen LogP contribution in [0.4, 0.5) is 0 Å². The summed E-state index contributed by atoms with van der Waals surface area (Å²) in [6.45, 7) is 7.89. The van der Waals surface area contributed by atoms with Crippen LogP contribution in [0.2, 0.25) is 0 Å². The van der Waals surface area contributed by atoms with Crippen LogP contribution in [0.1, 0.15) is 45.3 Å². The smallest absolute Gasteiger partial charge is 0.119 e. The number of rotatable bonds is 9. The topological polar surface area (TPSA) is 44.5 Å². The molecule has 1 rings (SSSR count). The maximum atomic E-state index is 5.91. The van der Waals surface area contributed by atoms with Crippen molar-refractivity contribution in [1.82, 2.24) is 0 Å². The molecule has 0 spiro atoms. The Morgan fingerprint density at radius 3 is 2.50 bits per heavy atom. The van der Waals surface area contributed by atoms with Crippen LogP contribution in [0.3, 0.4) is 0 Å². The maximum absolute atomic E-state index is 5.91. The molecule has 0 bridgehead atoms. The Morgan fingerprint density at radius 1 is 1.25 bits per heavy atom. The third-order valence-corrected chi connectivity index (χ3v) is 4.36. The fourth-order valence-corrected chi connectivity index (χ4v) is 2.91. The van der Waals surface area contributed by atoms with E-state index in [0.29, 0.717) is 12.5 Å². The largest absolute Gasteiger partial charge is 0.493 e. The van der Waals surface area contributed by atoms with E-state index in [-0.39, 0.29) is 12.0 Å². The van der Waals surface area contributed by atoms with Crippen LogP contribution >= 0.6 is 23.0 Å². The summed E-state index contributed by atoms with van der Waals surface area (Å²) in [6.07, 6.45) is 2.32. The summed E-state index contributed by atoms with van der Waals surface area (Å²) in [5.41, 5.74) is 6.87. The van der Waals surface area contributed by atoms with Gasteiger partial charge in [-0.2, -0.15) is 0 Å². The van der Waals surface area contributed by atoms with E-state index in [1.54, 1.807) is 0 Å². The fourth-order valence-electron chi connectivity index (χ4n) is 2.11. The Hall–Kier alpha value is -0.330. The van der Waals surface area contributed by atoms with Crippen molar-refractivity contribution in [2.24, 2.45) is 17.6 Å². The Balaban J connectivity index is 2.74. The summed E-state index contributed by atoms with van der Waals surface area (Å²) >= 11 is 1.95. The van der Waals surface area contributed by atoms with Gasteiger partial charge in [-0.1, -0.05) is 45.7 Å². The lowest BCUT2D eigenvalue weighted by Gasteiger charge is -2.21. The SMILES string of the molecule is CCC(CC)COc1cccc([C@H](OI)[C@H](C)CN)c1. The molecular weight excluding hydrogens is 365 g/mol. The monoisotopic (exact) mass is 391 g/mol. The second-order valence-corrected chi connectivity index (χ2v) is 5.80. The molecular formula is C16H26INO2. The Labute approximate surface area is 136 Å². The van der Waals surface area contributed by atoms with Gasteiger partial charge in [0, 0.05) is 0 Å². The maximum Gasteiger partial charge on any atom is 0.119 e. The van der Waals surface area contributed by atoms with Crippen molar-refractivity contribution in [1.29, 1.82) is 0 Å². The van der Waals surface area contributed by atoms with Crippen molar-refractivity contribution in [3.05, 3.63) is 29.8 Å². The van der Waals surface area contributed by atoms with E-state index in [9.17, 15) is 0 Å². The first-order valence-electron chi connectivity index (χ1n) is 7.36. The highest BCUT2D eigenvalue weighted by atomic mass is 127. The molecule has 0 heterocycles. The molecule has 2 atom stereocenters. The zero-order chi connectivity index (χ0) is 15.0. The minimum Gasteiger partial charge on any atom is -0.493 e. The molecule has 1 aromatic rings. The molecule has 1 aromatic carbocycles. The van der Waals surface area contributed by atoms with Gasteiger partial charge in [0.25, 0.3) is 0 Å². The number of hydrogen-bond donors (Lipinski definition) is 1. The molecule has 114 valence electrons. The van der Waals surface area contributed by atoms with Crippen LogP contribution in [-0.2, 0) is 3.07 Å². The van der Waals surface area contributed by atoms with Crippen molar-refractivity contribution >= 4 is 23.0 Å². The van der Waals surface area contributed by atoms with Crippen molar-refractivity contribution in [2.75, 3.05) is 13.2 Å². The van der Waals surface area contributed by atoms with Crippen molar-refractivity contribution < 1.29 is 7.80 Å². The summed E-state index contributed by atoms with van der Waals surface area (Å²) in [4.78, 5) is 0. The molecule has 20 heavy (non-hydrogen) atoms. The van der Waals surface area contributed by atoms with Gasteiger partial charge in [0.2, 0.25) is 0 Å². The molecule has 3 nitrogen and oxygen atoms in total. The van der Waals surface area contributed by atoms with E-state index in [1.807, 2.05) is 35.1 Å². The molecule has 0 fully saturated rings. The van der Waals surface area contributed by atoms with Crippen LogP contribution in [0.15, 0.2) is 24.3 Å². The molecule has 2 N–H and O–H groups in total. The van der Waals surface area contributed by atoms with Gasteiger partial charge in [0.15, 0.2) is 0 Å². The highest BCUT2D eigenvalue weighted by Crippen LogP contribution is 2.30. The van der Waals surface area contributed by atoms with Crippen LogP contribution < -0.4 is 10.5 Å². The minimum atomic E-state index is 0.0114. The van der Waals surface area contributed by atoms with Crippen LogP contribution in [0.5, 0.6) is 5.75 Å². The zero-order valence-electron chi connectivity index (χ0n) is 12.6. The van der Waals surface area contributed by atoms with E-state index in [0.717, 1.165) is 30.8 Å². The summed E-state index contributed by atoms with van der Waals surface area (Å²) < 4.78 is 11.5. The van der Waals surface area contributed by atoms with E-state index in [4.69, 9.17) is 13.5 Å². The van der Waals surface area contributed by atoms with Gasteiger partial charge in [0.05, 0.1) is 12.7 Å². The Morgan fingerprint density at radius 2 is 1.95 bits per heavy atom. The van der Waals surface area contributed by atoms with E-state index in [1.165, 1.54) is 0 Å².